The number of aliphatic hydroxyl groups excluding tert-OH is 5. The predicted octanol–water partition coefficient (Wildman–Crippen LogP) is 11.1. The summed E-state index contributed by atoms with van der Waals surface area (Å²) in [7, 11) is 0. The van der Waals surface area contributed by atoms with Crippen LogP contribution in [0, 0.1) is 0 Å². The first-order valence-electron chi connectivity index (χ1n) is 25.1. The second-order valence-electron chi connectivity index (χ2n) is 17.6. The van der Waals surface area contributed by atoms with Crippen molar-refractivity contribution in [2.45, 2.75) is 275 Å². The highest BCUT2D eigenvalue weighted by Gasteiger charge is 2.44. The molecule has 1 fully saturated rings. The first-order chi connectivity index (χ1) is 28.8. The van der Waals surface area contributed by atoms with Gasteiger partial charge >= 0.3 is 0 Å². The van der Waals surface area contributed by atoms with Gasteiger partial charge in [-0.1, -0.05) is 205 Å². The van der Waals surface area contributed by atoms with Crippen LogP contribution in [-0.2, 0) is 14.3 Å². The minimum atomic E-state index is -1.56. The van der Waals surface area contributed by atoms with Crippen LogP contribution in [-0.4, -0.2) is 87.5 Å². The summed E-state index contributed by atoms with van der Waals surface area (Å²) in [6.45, 7) is 3.78. The van der Waals surface area contributed by atoms with Gasteiger partial charge in [0.15, 0.2) is 6.29 Å². The molecule has 1 heterocycles. The Kier molecular flexibility index (Phi) is 38.4. The van der Waals surface area contributed by atoms with Crippen molar-refractivity contribution in [3.8, 4) is 0 Å². The van der Waals surface area contributed by atoms with Gasteiger partial charge in [-0.2, -0.15) is 0 Å². The van der Waals surface area contributed by atoms with E-state index in [-0.39, 0.29) is 12.5 Å². The number of hydrogen-bond acceptors (Lipinski definition) is 8. The van der Waals surface area contributed by atoms with Crippen LogP contribution >= 0.6 is 0 Å². The number of unbranched alkanes of at least 4 members (excludes halogenated alkanes) is 30. The van der Waals surface area contributed by atoms with E-state index in [0.717, 1.165) is 38.5 Å². The third-order valence-electron chi connectivity index (χ3n) is 12.0. The average molecular weight is 838 g/mol. The second-order valence-corrected chi connectivity index (χ2v) is 17.6. The zero-order valence-corrected chi connectivity index (χ0v) is 38.3. The summed E-state index contributed by atoms with van der Waals surface area (Å²) in [5.41, 5.74) is 0. The number of aliphatic hydroxyl groups is 5. The van der Waals surface area contributed by atoms with Gasteiger partial charge in [-0.05, 0) is 44.9 Å². The number of rotatable bonds is 42. The van der Waals surface area contributed by atoms with Crippen LogP contribution in [0.3, 0.4) is 0 Å². The fourth-order valence-corrected chi connectivity index (χ4v) is 7.97. The van der Waals surface area contributed by atoms with Crippen molar-refractivity contribution in [2.24, 2.45) is 0 Å². The van der Waals surface area contributed by atoms with Gasteiger partial charge in [-0.15, -0.1) is 0 Å². The summed E-state index contributed by atoms with van der Waals surface area (Å²) in [6.07, 6.45) is 42.2. The summed E-state index contributed by atoms with van der Waals surface area (Å²) < 4.78 is 11.2. The molecule has 9 heteroatoms. The maximum absolute atomic E-state index is 13.0. The standard InChI is InChI=1S/C50H95NO8/c1-3-5-7-9-11-13-15-17-19-20-21-22-23-24-26-28-30-32-34-36-38-40-46(54)51-43(42-58-50-49(57)48(56)47(55)45(41-52)59-50)44(53)39-37-35-33-31-29-27-25-18-16-14-12-10-8-6-4-2/h20-21,37,39,43-45,47-50,52-53,55-57H,3-19,22-36,38,40-42H2,1-2H3,(H,51,54)/b21-20-,39-37+. The quantitative estimate of drug-likeness (QED) is 0.0263. The molecule has 0 saturated carbocycles. The van der Waals surface area contributed by atoms with Gasteiger partial charge in [-0.25, -0.2) is 0 Å². The molecular weight excluding hydrogens is 743 g/mol. The van der Waals surface area contributed by atoms with Crippen LogP contribution in [0.1, 0.15) is 232 Å². The number of hydrogen-bond donors (Lipinski definition) is 6. The number of carbonyl (C=O) groups is 1. The van der Waals surface area contributed by atoms with Crippen molar-refractivity contribution >= 4 is 5.91 Å². The summed E-state index contributed by atoms with van der Waals surface area (Å²) in [6, 6.07) is -0.803. The molecule has 9 nitrogen and oxygen atoms in total. The van der Waals surface area contributed by atoms with Gasteiger partial charge in [0.05, 0.1) is 25.4 Å². The van der Waals surface area contributed by atoms with Crippen LogP contribution in [0.5, 0.6) is 0 Å². The molecule has 0 radical (unpaired) electrons. The van der Waals surface area contributed by atoms with E-state index in [9.17, 15) is 30.3 Å². The third kappa shape index (κ3) is 31.2. The lowest BCUT2D eigenvalue weighted by Crippen LogP contribution is -2.60. The minimum Gasteiger partial charge on any atom is -0.394 e. The Morgan fingerprint density at radius 2 is 0.949 bits per heavy atom. The number of nitrogens with one attached hydrogen (secondary N) is 1. The molecule has 7 unspecified atom stereocenters. The van der Waals surface area contributed by atoms with Crippen molar-refractivity contribution in [1.82, 2.24) is 5.32 Å². The van der Waals surface area contributed by atoms with Crippen molar-refractivity contribution in [3.05, 3.63) is 24.3 Å². The Balaban J connectivity index is 2.29. The predicted molar refractivity (Wildman–Crippen MR) is 244 cm³/mol. The van der Waals surface area contributed by atoms with Crippen molar-refractivity contribution in [1.29, 1.82) is 0 Å². The Morgan fingerprint density at radius 1 is 0.559 bits per heavy atom. The molecule has 0 spiro atoms. The van der Waals surface area contributed by atoms with Crippen molar-refractivity contribution < 1.29 is 39.8 Å². The lowest BCUT2D eigenvalue weighted by atomic mass is 9.99. The Hall–Kier alpha value is -1.33. The molecule has 0 aromatic carbocycles. The summed E-state index contributed by atoms with van der Waals surface area (Å²) >= 11 is 0. The molecule has 59 heavy (non-hydrogen) atoms. The first-order valence-corrected chi connectivity index (χ1v) is 25.1. The van der Waals surface area contributed by atoms with E-state index in [1.54, 1.807) is 6.08 Å². The van der Waals surface area contributed by atoms with E-state index in [1.807, 2.05) is 6.08 Å². The lowest BCUT2D eigenvalue weighted by Gasteiger charge is -2.40. The van der Waals surface area contributed by atoms with Crippen LogP contribution in [0.2, 0.25) is 0 Å². The molecule has 1 aliphatic rings. The Morgan fingerprint density at radius 3 is 1.37 bits per heavy atom. The fourth-order valence-electron chi connectivity index (χ4n) is 7.97. The van der Waals surface area contributed by atoms with E-state index in [0.29, 0.717) is 6.42 Å². The molecule has 1 aliphatic heterocycles. The van der Waals surface area contributed by atoms with E-state index in [2.05, 4.69) is 31.3 Å². The van der Waals surface area contributed by atoms with Gasteiger partial charge < -0.3 is 40.3 Å². The largest absolute Gasteiger partial charge is 0.394 e. The smallest absolute Gasteiger partial charge is 0.220 e. The summed E-state index contributed by atoms with van der Waals surface area (Å²) in [5, 5.41) is 54.3. The van der Waals surface area contributed by atoms with Crippen molar-refractivity contribution in [2.75, 3.05) is 13.2 Å². The van der Waals surface area contributed by atoms with E-state index >= 15 is 0 Å². The highest BCUT2D eigenvalue weighted by Crippen LogP contribution is 2.23. The number of carbonyl (C=O) groups excluding carboxylic acids is 1. The molecule has 0 aromatic rings. The van der Waals surface area contributed by atoms with E-state index in [4.69, 9.17) is 9.47 Å². The van der Waals surface area contributed by atoms with Gasteiger partial charge in [0.25, 0.3) is 0 Å². The number of ether oxygens (including phenoxy) is 2. The van der Waals surface area contributed by atoms with Gasteiger partial charge in [-0.3, -0.25) is 4.79 Å². The van der Waals surface area contributed by atoms with Crippen LogP contribution < -0.4 is 5.32 Å². The monoisotopic (exact) mass is 838 g/mol. The second kappa shape index (κ2) is 40.7. The van der Waals surface area contributed by atoms with Crippen LogP contribution in [0.4, 0.5) is 0 Å². The zero-order valence-electron chi connectivity index (χ0n) is 38.3. The fraction of sp³-hybridized carbons (Fsp3) is 0.900. The molecule has 348 valence electrons. The van der Waals surface area contributed by atoms with Gasteiger partial charge in [0.1, 0.15) is 24.4 Å². The minimum absolute atomic E-state index is 0.178. The summed E-state index contributed by atoms with van der Waals surface area (Å²) in [4.78, 5) is 13.0. The molecule has 1 rings (SSSR count). The molecule has 1 saturated heterocycles. The molecule has 6 N–H and O–H groups in total. The molecule has 0 aliphatic carbocycles. The molecular formula is C50H95NO8. The Labute approximate surface area is 362 Å². The van der Waals surface area contributed by atoms with Gasteiger partial charge in [0.2, 0.25) is 5.91 Å². The SMILES string of the molecule is CCCCCCCCCC/C=C\CCCCCCCCCCCC(=O)NC(COC1OC(CO)C(O)C(O)C1O)C(O)/C=C/CCCCCCCCCCCCCCC. The first kappa shape index (κ1) is 55.7. The topological polar surface area (TPSA) is 149 Å². The average Bonchev–Trinajstić information content (AvgIpc) is 3.23. The zero-order chi connectivity index (χ0) is 43.0. The number of amides is 1. The van der Waals surface area contributed by atoms with E-state index < -0.39 is 49.5 Å². The van der Waals surface area contributed by atoms with Gasteiger partial charge in [0, 0.05) is 6.42 Å². The van der Waals surface area contributed by atoms with Crippen LogP contribution in [0.15, 0.2) is 24.3 Å². The highest BCUT2D eigenvalue weighted by atomic mass is 16.7. The maximum atomic E-state index is 13.0. The molecule has 0 bridgehead atoms. The Bertz CT molecular complexity index is 977. The maximum Gasteiger partial charge on any atom is 0.220 e. The normalized spacial score (nSPS) is 20.8. The van der Waals surface area contributed by atoms with Crippen molar-refractivity contribution in [3.63, 3.8) is 0 Å². The molecule has 7 atom stereocenters. The third-order valence-corrected chi connectivity index (χ3v) is 12.0. The molecule has 0 aromatic heterocycles. The van der Waals surface area contributed by atoms with Crippen LogP contribution in [0.25, 0.3) is 0 Å². The molecule has 1 amide bonds. The highest BCUT2D eigenvalue weighted by molar-refractivity contribution is 5.76. The lowest BCUT2D eigenvalue weighted by molar-refractivity contribution is -0.302. The van der Waals surface area contributed by atoms with E-state index in [1.165, 1.54) is 173 Å². The number of allylic oxidation sites excluding steroid dienone is 3. The summed E-state index contributed by atoms with van der Waals surface area (Å²) in [5.74, 6) is -0.178.